The van der Waals surface area contributed by atoms with Crippen LogP contribution in [0, 0.1) is 5.82 Å². The second kappa shape index (κ2) is 9.93. The van der Waals surface area contributed by atoms with Crippen molar-refractivity contribution in [3.63, 3.8) is 0 Å². The Morgan fingerprint density at radius 3 is 2.30 bits per heavy atom. The van der Waals surface area contributed by atoms with E-state index in [0.29, 0.717) is 6.42 Å². The highest BCUT2D eigenvalue weighted by atomic mass is 19.1. The molecule has 1 unspecified atom stereocenters. The van der Waals surface area contributed by atoms with Crippen LogP contribution in [0.3, 0.4) is 0 Å². The van der Waals surface area contributed by atoms with Crippen LogP contribution >= 0.6 is 0 Å². The van der Waals surface area contributed by atoms with E-state index in [-0.39, 0.29) is 11.9 Å². The molecule has 0 aliphatic carbocycles. The molecule has 0 saturated heterocycles. The molecular formula is C23H24F2N2. The molecule has 1 atom stereocenters. The maximum Gasteiger partial charge on any atom is 0.123 e. The van der Waals surface area contributed by atoms with Gasteiger partial charge in [-0.05, 0) is 66.3 Å². The van der Waals surface area contributed by atoms with Gasteiger partial charge in [0, 0.05) is 18.4 Å². The molecule has 0 amide bonds. The summed E-state index contributed by atoms with van der Waals surface area (Å²) in [5, 5.41) is 3.29. The van der Waals surface area contributed by atoms with E-state index in [1.54, 1.807) is 18.3 Å². The first-order chi connectivity index (χ1) is 13.2. The van der Waals surface area contributed by atoms with Gasteiger partial charge in [0.25, 0.3) is 0 Å². The Bertz CT molecular complexity index is 802. The number of nitrogens with one attached hydrogen (secondary N) is 1. The average Bonchev–Trinajstić information content (AvgIpc) is 2.72. The lowest BCUT2D eigenvalue weighted by Gasteiger charge is -2.16. The lowest BCUT2D eigenvalue weighted by atomic mass is 10.0. The van der Waals surface area contributed by atoms with Gasteiger partial charge in [0.1, 0.15) is 12.5 Å². The van der Waals surface area contributed by atoms with Crippen LogP contribution in [0.2, 0.25) is 0 Å². The third-order valence-corrected chi connectivity index (χ3v) is 4.61. The van der Waals surface area contributed by atoms with E-state index in [1.165, 1.54) is 12.1 Å². The Balaban J connectivity index is 1.46. The molecular weight excluding hydrogens is 342 g/mol. The second-order valence-electron chi connectivity index (χ2n) is 6.68. The van der Waals surface area contributed by atoms with E-state index in [4.69, 9.17) is 0 Å². The molecule has 1 N–H and O–H groups in total. The number of alkyl halides is 1. The van der Waals surface area contributed by atoms with Crippen LogP contribution in [0.1, 0.15) is 17.5 Å². The number of nitrogens with zero attached hydrogens (tertiary/aromatic N) is 1. The number of rotatable bonds is 9. The van der Waals surface area contributed by atoms with Gasteiger partial charge in [-0.15, -0.1) is 0 Å². The Kier molecular flexibility index (Phi) is 7.05. The largest absolute Gasteiger partial charge is 0.311 e. The molecule has 0 spiro atoms. The Morgan fingerprint density at radius 2 is 1.63 bits per heavy atom. The SMILES string of the molecule is FCC(Cc1ccc(-c2cccnc2)cc1)NCCCc1ccc(F)cc1. The van der Waals surface area contributed by atoms with Crippen molar-refractivity contribution in [2.75, 3.05) is 13.2 Å². The lowest BCUT2D eigenvalue weighted by molar-refractivity contribution is 0.371. The number of benzene rings is 2. The summed E-state index contributed by atoms with van der Waals surface area (Å²) >= 11 is 0. The summed E-state index contributed by atoms with van der Waals surface area (Å²) in [7, 11) is 0. The van der Waals surface area contributed by atoms with Gasteiger partial charge >= 0.3 is 0 Å². The number of aryl methyl sites for hydroxylation is 1. The molecule has 0 radical (unpaired) electrons. The lowest BCUT2D eigenvalue weighted by Crippen LogP contribution is -2.34. The van der Waals surface area contributed by atoms with E-state index in [2.05, 4.69) is 22.4 Å². The Labute approximate surface area is 159 Å². The van der Waals surface area contributed by atoms with Gasteiger partial charge in [0.2, 0.25) is 0 Å². The van der Waals surface area contributed by atoms with Gasteiger partial charge in [0.05, 0.1) is 0 Å². The molecule has 2 aromatic carbocycles. The van der Waals surface area contributed by atoms with Crippen molar-refractivity contribution in [1.29, 1.82) is 0 Å². The predicted octanol–water partition coefficient (Wildman–Crippen LogP) is 4.99. The molecule has 3 rings (SSSR count). The summed E-state index contributed by atoms with van der Waals surface area (Å²) in [5.74, 6) is -0.219. The van der Waals surface area contributed by atoms with Crippen LogP contribution < -0.4 is 5.32 Å². The van der Waals surface area contributed by atoms with E-state index in [9.17, 15) is 8.78 Å². The summed E-state index contributed by atoms with van der Waals surface area (Å²) in [6, 6.07) is 18.5. The van der Waals surface area contributed by atoms with Crippen molar-refractivity contribution in [3.8, 4) is 11.1 Å². The molecule has 0 bridgehead atoms. The molecule has 4 heteroatoms. The summed E-state index contributed by atoms with van der Waals surface area (Å²) in [6.45, 7) is 0.334. The van der Waals surface area contributed by atoms with Gasteiger partial charge in [-0.2, -0.15) is 0 Å². The molecule has 3 aromatic rings. The first-order valence-electron chi connectivity index (χ1n) is 9.28. The first-order valence-corrected chi connectivity index (χ1v) is 9.28. The standard InChI is InChI=1S/C23H24F2N2/c24-16-23(27-14-1-3-18-7-11-22(25)12-8-18)15-19-5-9-20(10-6-19)21-4-2-13-26-17-21/h2,4-13,17,23,27H,1,3,14-16H2. The Hall–Kier alpha value is -2.59. The molecule has 140 valence electrons. The first kappa shape index (κ1) is 19.2. The van der Waals surface area contributed by atoms with Crippen molar-refractivity contribution in [3.05, 3.63) is 90.0 Å². The topological polar surface area (TPSA) is 24.9 Å². The van der Waals surface area contributed by atoms with Gasteiger partial charge in [-0.3, -0.25) is 4.98 Å². The van der Waals surface area contributed by atoms with Crippen LogP contribution in [0.15, 0.2) is 73.1 Å². The zero-order chi connectivity index (χ0) is 18.9. The van der Waals surface area contributed by atoms with Crippen LogP contribution in [0.25, 0.3) is 11.1 Å². The average molecular weight is 366 g/mol. The normalized spacial score (nSPS) is 12.1. The summed E-state index contributed by atoms with van der Waals surface area (Å²) in [6.07, 6.45) is 5.99. The highest BCUT2D eigenvalue weighted by molar-refractivity contribution is 5.62. The van der Waals surface area contributed by atoms with Crippen LogP contribution in [-0.2, 0) is 12.8 Å². The minimum absolute atomic E-state index is 0.192. The van der Waals surface area contributed by atoms with Crippen molar-refractivity contribution in [2.45, 2.75) is 25.3 Å². The third-order valence-electron chi connectivity index (χ3n) is 4.61. The fraction of sp³-hybridized carbons (Fsp3) is 0.261. The monoisotopic (exact) mass is 366 g/mol. The fourth-order valence-corrected chi connectivity index (χ4v) is 3.08. The number of halogens is 2. The number of hydrogen-bond acceptors (Lipinski definition) is 2. The van der Waals surface area contributed by atoms with Crippen molar-refractivity contribution in [1.82, 2.24) is 10.3 Å². The van der Waals surface area contributed by atoms with Gasteiger partial charge in [0.15, 0.2) is 0 Å². The Morgan fingerprint density at radius 1 is 0.889 bits per heavy atom. The highest BCUT2D eigenvalue weighted by Crippen LogP contribution is 2.19. The second-order valence-corrected chi connectivity index (χ2v) is 6.68. The third kappa shape index (κ3) is 5.97. The van der Waals surface area contributed by atoms with Gasteiger partial charge < -0.3 is 5.32 Å². The minimum Gasteiger partial charge on any atom is -0.311 e. The van der Waals surface area contributed by atoms with Gasteiger partial charge in [-0.25, -0.2) is 8.78 Å². The smallest absolute Gasteiger partial charge is 0.123 e. The van der Waals surface area contributed by atoms with E-state index >= 15 is 0 Å². The fourth-order valence-electron chi connectivity index (χ4n) is 3.08. The molecule has 0 saturated carbocycles. The van der Waals surface area contributed by atoms with E-state index in [0.717, 1.165) is 41.6 Å². The highest BCUT2D eigenvalue weighted by Gasteiger charge is 2.09. The van der Waals surface area contributed by atoms with Gasteiger partial charge in [-0.1, -0.05) is 42.5 Å². The predicted molar refractivity (Wildman–Crippen MR) is 106 cm³/mol. The zero-order valence-electron chi connectivity index (χ0n) is 15.2. The van der Waals surface area contributed by atoms with Crippen LogP contribution in [0.4, 0.5) is 8.78 Å². The molecule has 0 fully saturated rings. The van der Waals surface area contributed by atoms with E-state index < -0.39 is 6.67 Å². The maximum absolute atomic E-state index is 13.4. The summed E-state index contributed by atoms with van der Waals surface area (Å²) in [4.78, 5) is 4.13. The van der Waals surface area contributed by atoms with Crippen molar-refractivity contribution >= 4 is 0 Å². The van der Waals surface area contributed by atoms with Crippen molar-refractivity contribution < 1.29 is 8.78 Å². The molecule has 2 nitrogen and oxygen atoms in total. The quantitative estimate of drug-likeness (QED) is 0.540. The van der Waals surface area contributed by atoms with Crippen LogP contribution in [0.5, 0.6) is 0 Å². The minimum atomic E-state index is -0.402. The summed E-state index contributed by atoms with van der Waals surface area (Å²) < 4.78 is 26.3. The molecule has 1 heterocycles. The van der Waals surface area contributed by atoms with E-state index in [1.807, 2.05) is 30.5 Å². The number of pyridine rings is 1. The number of hydrogen-bond donors (Lipinski definition) is 1. The number of aromatic nitrogens is 1. The molecule has 27 heavy (non-hydrogen) atoms. The molecule has 0 aliphatic rings. The summed E-state index contributed by atoms with van der Waals surface area (Å²) in [5.41, 5.74) is 4.39. The molecule has 0 aliphatic heterocycles. The van der Waals surface area contributed by atoms with Crippen LogP contribution in [-0.4, -0.2) is 24.2 Å². The zero-order valence-corrected chi connectivity index (χ0v) is 15.2. The van der Waals surface area contributed by atoms with Crippen molar-refractivity contribution in [2.24, 2.45) is 0 Å². The molecule has 1 aromatic heterocycles. The maximum atomic E-state index is 13.4.